The molecule has 1 aromatic rings. The number of rotatable bonds is 4. The molecule has 0 spiro atoms. The fourth-order valence-corrected chi connectivity index (χ4v) is 1.18. The van der Waals surface area contributed by atoms with Crippen molar-refractivity contribution < 1.29 is 4.79 Å². The number of hydrogen-bond donors (Lipinski definition) is 2. The van der Waals surface area contributed by atoms with E-state index >= 15 is 0 Å². The molecule has 1 rings (SSSR count). The van der Waals surface area contributed by atoms with Crippen LogP contribution in [-0.4, -0.2) is 19.5 Å². The SMILES string of the molecule is CCCNc1cccc(C(=O)NC)c1. The van der Waals surface area contributed by atoms with Crippen LogP contribution in [0.3, 0.4) is 0 Å². The normalized spacial score (nSPS) is 9.57. The predicted molar refractivity (Wildman–Crippen MR) is 58.6 cm³/mol. The maximum absolute atomic E-state index is 11.3. The summed E-state index contributed by atoms with van der Waals surface area (Å²) in [5.74, 6) is -0.0508. The molecule has 14 heavy (non-hydrogen) atoms. The third kappa shape index (κ3) is 2.76. The van der Waals surface area contributed by atoms with Gasteiger partial charge in [0.25, 0.3) is 5.91 Å². The van der Waals surface area contributed by atoms with Crippen molar-refractivity contribution in [2.45, 2.75) is 13.3 Å². The molecule has 0 radical (unpaired) electrons. The number of amides is 1. The van der Waals surface area contributed by atoms with E-state index < -0.39 is 0 Å². The van der Waals surface area contributed by atoms with Crippen LogP contribution >= 0.6 is 0 Å². The van der Waals surface area contributed by atoms with E-state index in [-0.39, 0.29) is 5.91 Å². The van der Waals surface area contributed by atoms with E-state index in [0.29, 0.717) is 5.56 Å². The Bertz CT molecular complexity index is 310. The number of hydrogen-bond acceptors (Lipinski definition) is 2. The van der Waals surface area contributed by atoms with E-state index in [1.807, 2.05) is 18.2 Å². The number of benzene rings is 1. The van der Waals surface area contributed by atoms with Crippen molar-refractivity contribution in [2.24, 2.45) is 0 Å². The van der Waals surface area contributed by atoms with Gasteiger partial charge < -0.3 is 10.6 Å². The number of anilines is 1. The van der Waals surface area contributed by atoms with Gasteiger partial charge in [0.15, 0.2) is 0 Å². The minimum absolute atomic E-state index is 0.0508. The van der Waals surface area contributed by atoms with Gasteiger partial charge in [-0.25, -0.2) is 0 Å². The van der Waals surface area contributed by atoms with Crippen LogP contribution in [0.4, 0.5) is 5.69 Å². The predicted octanol–water partition coefficient (Wildman–Crippen LogP) is 1.87. The van der Waals surface area contributed by atoms with Crippen molar-refractivity contribution >= 4 is 11.6 Å². The largest absolute Gasteiger partial charge is 0.385 e. The van der Waals surface area contributed by atoms with E-state index in [4.69, 9.17) is 0 Å². The summed E-state index contributed by atoms with van der Waals surface area (Å²) in [5.41, 5.74) is 1.68. The summed E-state index contributed by atoms with van der Waals surface area (Å²) in [6.45, 7) is 3.03. The maximum Gasteiger partial charge on any atom is 0.251 e. The van der Waals surface area contributed by atoms with Crippen LogP contribution in [0.5, 0.6) is 0 Å². The quantitative estimate of drug-likeness (QED) is 0.764. The Balaban J connectivity index is 2.73. The first-order valence-corrected chi connectivity index (χ1v) is 4.84. The van der Waals surface area contributed by atoms with Gasteiger partial charge in [0, 0.05) is 24.8 Å². The second-order valence-corrected chi connectivity index (χ2v) is 3.09. The summed E-state index contributed by atoms with van der Waals surface area (Å²) >= 11 is 0. The number of nitrogens with one attached hydrogen (secondary N) is 2. The van der Waals surface area contributed by atoms with E-state index in [1.54, 1.807) is 13.1 Å². The van der Waals surface area contributed by atoms with Gasteiger partial charge in [0.2, 0.25) is 0 Å². The lowest BCUT2D eigenvalue weighted by Gasteiger charge is -2.06. The Labute approximate surface area is 84.5 Å². The molecule has 0 fully saturated rings. The molecule has 3 heteroatoms. The van der Waals surface area contributed by atoms with Crippen LogP contribution in [-0.2, 0) is 0 Å². The molecule has 0 saturated carbocycles. The van der Waals surface area contributed by atoms with Crippen molar-refractivity contribution in [3.05, 3.63) is 29.8 Å². The molecule has 0 bridgehead atoms. The van der Waals surface area contributed by atoms with Gasteiger partial charge in [-0.05, 0) is 24.6 Å². The maximum atomic E-state index is 11.3. The molecule has 2 N–H and O–H groups in total. The summed E-state index contributed by atoms with van der Waals surface area (Å²) < 4.78 is 0. The standard InChI is InChI=1S/C11H16N2O/c1-3-7-13-10-6-4-5-9(8-10)11(14)12-2/h4-6,8,13H,3,7H2,1-2H3,(H,12,14). The summed E-state index contributed by atoms with van der Waals surface area (Å²) in [5, 5.41) is 5.83. The molecule has 0 aliphatic heterocycles. The monoisotopic (exact) mass is 192 g/mol. The first-order chi connectivity index (χ1) is 6.77. The van der Waals surface area contributed by atoms with E-state index in [0.717, 1.165) is 18.7 Å². The highest BCUT2D eigenvalue weighted by Gasteiger charge is 2.02. The van der Waals surface area contributed by atoms with Crippen molar-refractivity contribution in [1.82, 2.24) is 5.32 Å². The fraction of sp³-hybridized carbons (Fsp3) is 0.364. The van der Waals surface area contributed by atoms with Gasteiger partial charge in [0.05, 0.1) is 0 Å². The molecule has 3 nitrogen and oxygen atoms in total. The zero-order valence-corrected chi connectivity index (χ0v) is 8.63. The molecular formula is C11H16N2O. The molecule has 76 valence electrons. The van der Waals surface area contributed by atoms with Crippen molar-refractivity contribution in [3.8, 4) is 0 Å². The Morgan fingerprint density at radius 1 is 1.43 bits per heavy atom. The van der Waals surface area contributed by atoms with E-state index in [2.05, 4.69) is 17.6 Å². The second-order valence-electron chi connectivity index (χ2n) is 3.09. The Morgan fingerprint density at radius 3 is 2.86 bits per heavy atom. The minimum atomic E-state index is -0.0508. The third-order valence-electron chi connectivity index (χ3n) is 1.93. The Hall–Kier alpha value is -1.51. The topological polar surface area (TPSA) is 41.1 Å². The van der Waals surface area contributed by atoms with E-state index in [1.165, 1.54) is 0 Å². The van der Waals surface area contributed by atoms with Crippen molar-refractivity contribution in [2.75, 3.05) is 18.9 Å². The van der Waals surface area contributed by atoms with Crippen LogP contribution in [0.1, 0.15) is 23.7 Å². The smallest absolute Gasteiger partial charge is 0.251 e. The lowest BCUT2D eigenvalue weighted by Crippen LogP contribution is -2.17. The molecule has 0 unspecified atom stereocenters. The van der Waals surface area contributed by atoms with Crippen molar-refractivity contribution in [3.63, 3.8) is 0 Å². The van der Waals surface area contributed by atoms with Gasteiger partial charge in [-0.1, -0.05) is 13.0 Å². The lowest BCUT2D eigenvalue weighted by molar-refractivity contribution is 0.0963. The lowest BCUT2D eigenvalue weighted by atomic mass is 10.2. The zero-order valence-electron chi connectivity index (χ0n) is 8.63. The number of carbonyl (C=O) groups excluding carboxylic acids is 1. The van der Waals surface area contributed by atoms with Gasteiger partial charge in [-0.2, -0.15) is 0 Å². The molecular weight excluding hydrogens is 176 g/mol. The average Bonchev–Trinajstić information content (AvgIpc) is 2.25. The Kier molecular flexibility index (Phi) is 3.98. The van der Waals surface area contributed by atoms with Crippen molar-refractivity contribution in [1.29, 1.82) is 0 Å². The van der Waals surface area contributed by atoms with E-state index in [9.17, 15) is 4.79 Å². The third-order valence-corrected chi connectivity index (χ3v) is 1.93. The molecule has 0 aromatic heterocycles. The molecule has 1 aromatic carbocycles. The number of carbonyl (C=O) groups is 1. The van der Waals surface area contributed by atoms with Crippen LogP contribution in [0, 0.1) is 0 Å². The first kappa shape index (κ1) is 10.6. The summed E-state index contributed by atoms with van der Waals surface area (Å²) in [7, 11) is 1.63. The first-order valence-electron chi connectivity index (χ1n) is 4.84. The summed E-state index contributed by atoms with van der Waals surface area (Å²) in [4.78, 5) is 11.3. The molecule has 0 aliphatic carbocycles. The molecule has 0 aliphatic rings. The molecule has 0 heterocycles. The van der Waals surface area contributed by atoms with Gasteiger partial charge in [0.1, 0.15) is 0 Å². The van der Waals surface area contributed by atoms with Crippen LogP contribution in [0.25, 0.3) is 0 Å². The van der Waals surface area contributed by atoms with Gasteiger partial charge in [-0.15, -0.1) is 0 Å². The van der Waals surface area contributed by atoms with Crippen LogP contribution < -0.4 is 10.6 Å². The summed E-state index contributed by atoms with van der Waals surface area (Å²) in [6.07, 6.45) is 1.07. The van der Waals surface area contributed by atoms with Crippen LogP contribution in [0.2, 0.25) is 0 Å². The zero-order chi connectivity index (χ0) is 10.4. The second kappa shape index (κ2) is 5.27. The average molecular weight is 192 g/mol. The molecule has 1 amide bonds. The summed E-state index contributed by atoms with van der Waals surface area (Å²) in [6, 6.07) is 7.50. The van der Waals surface area contributed by atoms with Gasteiger partial charge >= 0.3 is 0 Å². The Morgan fingerprint density at radius 2 is 2.21 bits per heavy atom. The fourth-order valence-electron chi connectivity index (χ4n) is 1.18. The highest BCUT2D eigenvalue weighted by atomic mass is 16.1. The van der Waals surface area contributed by atoms with Crippen LogP contribution in [0.15, 0.2) is 24.3 Å². The van der Waals surface area contributed by atoms with Gasteiger partial charge in [-0.3, -0.25) is 4.79 Å². The molecule has 0 saturated heterocycles. The minimum Gasteiger partial charge on any atom is -0.385 e. The highest BCUT2D eigenvalue weighted by molar-refractivity contribution is 5.94. The highest BCUT2D eigenvalue weighted by Crippen LogP contribution is 2.10. The molecule has 0 atom stereocenters.